The van der Waals surface area contributed by atoms with E-state index in [9.17, 15) is 4.79 Å². The van der Waals surface area contributed by atoms with Crippen LogP contribution in [-0.2, 0) is 14.3 Å². The van der Waals surface area contributed by atoms with Crippen LogP contribution >= 0.6 is 0 Å². The van der Waals surface area contributed by atoms with Crippen LogP contribution in [0, 0.1) is 0 Å². The van der Waals surface area contributed by atoms with Crippen molar-refractivity contribution in [2.75, 3.05) is 7.11 Å². The van der Waals surface area contributed by atoms with Crippen LogP contribution in [-0.4, -0.2) is 37.0 Å². The minimum atomic E-state index is -0.706. The van der Waals surface area contributed by atoms with E-state index in [0.29, 0.717) is 12.7 Å². The normalized spacial score (nSPS) is 40.0. The van der Waals surface area contributed by atoms with Crippen LogP contribution in [0.25, 0.3) is 0 Å². The van der Waals surface area contributed by atoms with Crippen molar-refractivity contribution in [3.63, 3.8) is 0 Å². The Hall–Kier alpha value is -0.450. The smallest absolute Gasteiger partial charge is 0.160 e. The summed E-state index contributed by atoms with van der Waals surface area (Å²) in [7, 11) is 1.48. The number of rotatable bonds is 2. The van der Waals surface area contributed by atoms with Crippen molar-refractivity contribution < 1.29 is 19.4 Å². The van der Waals surface area contributed by atoms with Crippen molar-refractivity contribution in [1.29, 1.82) is 0 Å². The van der Waals surface area contributed by atoms with Gasteiger partial charge in [-0.1, -0.05) is 0 Å². The van der Waals surface area contributed by atoms with E-state index in [4.69, 9.17) is 14.6 Å². The van der Waals surface area contributed by atoms with Gasteiger partial charge >= 0.3 is 0 Å². The summed E-state index contributed by atoms with van der Waals surface area (Å²) in [5.41, 5.74) is 0. The summed E-state index contributed by atoms with van der Waals surface area (Å²) in [5, 5.41) is 9.05. The lowest BCUT2D eigenvalue weighted by atomic mass is 10.2. The molecule has 58 valence electrons. The van der Waals surface area contributed by atoms with Crippen molar-refractivity contribution >= 4 is 6.29 Å². The molecule has 1 aliphatic rings. The van der Waals surface area contributed by atoms with Crippen LogP contribution in [0.4, 0.5) is 0 Å². The van der Waals surface area contributed by atoms with Crippen LogP contribution in [0.2, 0.25) is 0 Å². The molecule has 3 atom stereocenters. The van der Waals surface area contributed by atoms with Gasteiger partial charge in [0.15, 0.2) is 12.6 Å². The van der Waals surface area contributed by atoms with Crippen molar-refractivity contribution in [3.8, 4) is 0 Å². The average Bonchev–Trinajstić information content (AvgIpc) is 2.30. The second kappa shape index (κ2) is 3.09. The highest BCUT2D eigenvalue weighted by Crippen LogP contribution is 2.18. The summed E-state index contributed by atoms with van der Waals surface area (Å²) in [6, 6.07) is 0. The molecule has 1 fully saturated rings. The van der Waals surface area contributed by atoms with Gasteiger partial charge in [-0.25, -0.2) is 0 Å². The molecule has 1 aliphatic heterocycles. The standard InChI is InChI=1S/C6H10O4/c1-9-6-2-4(8)5(3-7)10-6/h3-6,8H,2H2,1H3/t4?,5-,6+/m0/s1. The van der Waals surface area contributed by atoms with Crippen LogP contribution in [0.5, 0.6) is 0 Å². The Morgan fingerprint density at radius 3 is 2.80 bits per heavy atom. The third kappa shape index (κ3) is 1.34. The highest BCUT2D eigenvalue weighted by Gasteiger charge is 2.33. The Kier molecular flexibility index (Phi) is 2.37. The second-order valence-corrected chi connectivity index (χ2v) is 2.21. The van der Waals surface area contributed by atoms with Gasteiger partial charge in [-0.05, 0) is 0 Å². The van der Waals surface area contributed by atoms with Gasteiger partial charge in [0.1, 0.15) is 6.10 Å². The van der Waals surface area contributed by atoms with E-state index < -0.39 is 18.5 Å². The highest BCUT2D eigenvalue weighted by atomic mass is 16.7. The zero-order valence-corrected chi connectivity index (χ0v) is 5.69. The number of aliphatic hydroxyl groups is 1. The summed E-state index contributed by atoms with van der Waals surface area (Å²) >= 11 is 0. The Morgan fingerprint density at radius 2 is 2.50 bits per heavy atom. The van der Waals surface area contributed by atoms with Gasteiger partial charge in [0.05, 0.1) is 6.10 Å². The van der Waals surface area contributed by atoms with Gasteiger partial charge in [0, 0.05) is 13.5 Å². The molecule has 1 unspecified atom stereocenters. The first-order valence-electron chi connectivity index (χ1n) is 3.09. The maximum Gasteiger partial charge on any atom is 0.160 e. The topological polar surface area (TPSA) is 55.8 Å². The second-order valence-electron chi connectivity index (χ2n) is 2.21. The van der Waals surface area contributed by atoms with Gasteiger partial charge in [0.25, 0.3) is 0 Å². The third-order valence-corrected chi connectivity index (χ3v) is 1.52. The quantitative estimate of drug-likeness (QED) is 0.524. The van der Waals surface area contributed by atoms with Gasteiger partial charge in [-0.15, -0.1) is 0 Å². The van der Waals surface area contributed by atoms with Crippen LogP contribution in [0.1, 0.15) is 6.42 Å². The molecule has 0 radical (unpaired) electrons. The summed E-state index contributed by atoms with van der Waals surface area (Å²) in [6.45, 7) is 0. The van der Waals surface area contributed by atoms with Crippen molar-refractivity contribution in [2.24, 2.45) is 0 Å². The lowest BCUT2D eigenvalue weighted by molar-refractivity contribution is -0.138. The lowest BCUT2D eigenvalue weighted by Crippen LogP contribution is -2.21. The molecule has 1 N–H and O–H groups in total. The Labute approximate surface area is 58.7 Å². The largest absolute Gasteiger partial charge is 0.390 e. The van der Waals surface area contributed by atoms with E-state index in [2.05, 4.69) is 0 Å². The first-order valence-corrected chi connectivity index (χ1v) is 3.09. The fourth-order valence-corrected chi connectivity index (χ4v) is 0.927. The SMILES string of the molecule is CO[C@H]1CC(O)[C@H](C=O)O1. The molecule has 0 aliphatic carbocycles. The van der Waals surface area contributed by atoms with Crippen molar-refractivity contribution in [2.45, 2.75) is 24.9 Å². The Balaban J connectivity index is 2.43. The maximum atomic E-state index is 10.1. The molecule has 0 aromatic carbocycles. The van der Waals surface area contributed by atoms with Crippen LogP contribution in [0.15, 0.2) is 0 Å². The highest BCUT2D eigenvalue weighted by molar-refractivity contribution is 5.57. The third-order valence-electron chi connectivity index (χ3n) is 1.52. The predicted octanol–water partition coefficient (Wildman–Crippen LogP) is -0.692. The van der Waals surface area contributed by atoms with Gasteiger partial charge in [-0.3, -0.25) is 0 Å². The number of aliphatic hydroxyl groups excluding tert-OH is 1. The minimum absolute atomic E-state index is 0.375. The zero-order valence-electron chi connectivity index (χ0n) is 5.69. The number of carbonyl (C=O) groups is 1. The number of ether oxygens (including phenoxy) is 2. The zero-order chi connectivity index (χ0) is 7.56. The number of carbonyl (C=O) groups excluding carboxylic acids is 1. The number of hydrogen-bond donors (Lipinski definition) is 1. The fourth-order valence-electron chi connectivity index (χ4n) is 0.927. The fraction of sp³-hybridized carbons (Fsp3) is 0.833. The lowest BCUT2D eigenvalue weighted by Gasteiger charge is -2.05. The van der Waals surface area contributed by atoms with Gasteiger partial charge < -0.3 is 19.4 Å². The predicted molar refractivity (Wildman–Crippen MR) is 32.4 cm³/mol. The van der Waals surface area contributed by atoms with E-state index >= 15 is 0 Å². The molecule has 4 heteroatoms. The molecule has 0 saturated carbocycles. The molecular formula is C6H10O4. The van der Waals surface area contributed by atoms with E-state index in [1.807, 2.05) is 0 Å². The van der Waals surface area contributed by atoms with Crippen molar-refractivity contribution in [1.82, 2.24) is 0 Å². The molecule has 10 heavy (non-hydrogen) atoms. The molecule has 0 bridgehead atoms. The number of methoxy groups -OCH3 is 1. The summed E-state index contributed by atoms with van der Waals surface area (Å²) in [5.74, 6) is 0. The molecule has 0 aromatic rings. The Bertz CT molecular complexity index is 125. The maximum absolute atomic E-state index is 10.1. The number of aldehydes is 1. The minimum Gasteiger partial charge on any atom is -0.390 e. The Morgan fingerprint density at radius 1 is 1.80 bits per heavy atom. The van der Waals surface area contributed by atoms with E-state index in [-0.39, 0.29) is 0 Å². The first-order chi connectivity index (χ1) is 4.77. The summed E-state index contributed by atoms with van der Waals surface area (Å²) in [4.78, 5) is 10.1. The van der Waals surface area contributed by atoms with E-state index in [0.717, 1.165) is 0 Å². The molecular weight excluding hydrogens is 136 g/mol. The first kappa shape index (κ1) is 7.65. The average molecular weight is 146 g/mol. The van der Waals surface area contributed by atoms with Crippen LogP contribution < -0.4 is 0 Å². The molecule has 0 amide bonds. The summed E-state index contributed by atoms with van der Waals surface area (Å²) in [6.07, 6.45) is -0.874. The molecule has 4 nitrogen and oxygen atoms in total. The number of hydrogen-bond acceptors (Lipinski definition) is 4. The summed E-state index contributed by atoms with van der Waals surface area (Å²) < 4.78 is 9.70. The van der Waals surface area contributed by atoms with E-state index in [1.165, 1.54) is 7.11 Å². The molecule has 0 aromatic heterocycles. The molecule has 1 saturated heterocycles. The monoisotopic (exact) mass is 146 g/mol. The van der Waals surface area contributed by atoms with Crippen molar-refractivity contribution in [3.05, 3.63) is 0 Å². The van der Waals surface area contributed by atoms with Gasteiger partial charge in [0.2, 0.25) is 0 Å². The van der Waals surface area contributed by atoms with Gasteiger partial charge in [-0.2, -0.15) is 0 Å². The van der Waals surface area contributed by atoms with Crippen LogP contribution in [0.3, 0.4) is 0 Å². The van der Waals surface area contributed by atoms with E-state index in [1.54, 1.807) is 0 Å². The molecule has 0 spiro atoms. The molecule has 1 rings (SSSR count). The molecule has 1 heterocycles.